The first kappa shape index (κ1) is 13.7. The molecule has 1 fully saturated rings. The van der Waals surface area contributed by atoms with E-state index in [1.165, 1.54) is 0 Å². The van der Waals surface area contributed by atoms with Crippen molar-refractivity contribution in [3.8, 4) is 0 Å². The van der Waals surface area contributed by atoms with Crippen molar-refractivity contribution in [1.82, 2.24) is 15.5 Å². The number of rotatable bonds is 4. The number of morpholine rings is 1. The van der Waals surface area contributed by atoms with Crippen molar-refractivity contribution in [1.29, 1.82) is 0 Å². The third-order valence-electron chi connectivity index (χ3n) is 2.95. The van der Waals surface area contributed by atoms with E-state index in [1.807, 2.05) is 11.8 Å². The number of carbonyl (C=O) groups excluding carboxylic acids is 1. The standard InChI is InChI=1S/C12H18N4O3/c1-2-13-12(18)10-3-4-11(15-14-10)16-5-6-19-8-9(16)7-17/h3-4,9,17H,2,5-8H2,1H3,(H,13,18). The summed E-state index contributed by atoms with van der Waals surface area (Å²) in [6.45, 7) is 4.12. The molecule has 0 bridgehead atoms. The Labute approximate surface area is 111 Å². The van der Waals surface area contributed by atoms with Crippen molar-refractivity contribution in [3.05, 3.63) is 17.8 Å². The first-order valence-corrected chi connectivity index (χ1v) is 6.33. The summed E-state index contributed by atoms with van der Waals surface area (Å²) in [6, 6.07) is 3.27. The van der Waals surface area contributed by atoms with Gasteiger partial charge in [0.1, 0.15) is 0 Å². The molecule has 2 rings (SSSR count). The van der Waals surface area contributed by atoms with E-state index >= 15 is 0 Å². The van der Waals surface area contributed by atoms with Gasteiger partial charge in [-0.3, -0.25) is 4.79 Å². The van der Waals surface area contributed by atoms with Crippen LogP contribution in [0.2, 0.25) is 0 Å². The molecule has 1 atom stereocenters. The van der Waals surface area contributed by atoms with Crippen LogP contribution in [0.1, 0.15) is 17.4 Å². The van der Waals surface area contributed by atoms with Crippen LogP contribution in [0.15, 0.2) is 12.1 Å². The summed E-state index contributed by atoms with van der Waals surface area (Å²) in [5, 5.41) is 19.9. The third kappa shape index (κ3) is 3.18. The minimum Gasteiger partial charge on any atom is -0.394 e. The minimum absolute atomic E-state index is 0.000246. The Morgan fingerprint density at radius 1 is 1.58 bits per heavy atom. The molecule has 0 aromatic carbocycles. The second-order valence-electron chi connectivity index (χ2n) is 4.24. The molecule has 0 aliphatic carbocycles. The number of ether oxygens (including phenoxy) is 1. The van der Waals surface area contributed by atoms with Gasteiger partial charge in [-0.25, -0.2) is 0 Å². The van der Waals surface area contributed by atoms with E-state index in [9.17, 15) is 9.90 Å². The van der Waals surface area contributed by atoms with Gasteiger partial charge in [0.05, 0.1) is 25.9 Å². The van der Waals surface area contributed by atoms with Gasteiger partial charge >= 0.3 is 0 Å². The summed E-state index contributed by atoms with van der Waals surface area (Å²) >= 11 is 0. The lowest BCUT2D eigenvalue weighted by molar-refractivity contribution is 0.0721. The lowest BCUT2D eigenvalue weighted by Crippen LogP contribution is -2.48. The fourth-order valence-corrected chi connectivity index (χ4v) is 1.96. The van der Waals surface area contributed by atoms with E-state index in [2.05, 4.69) is 15.5 Å². The van der Waals surface area contributed by atoms with E-state index in [0.717, 1.165) is 0 Å². The smallest absolute Gasteiger partial charge is 0.271 e. The molecule has 2 heterocycles. The molecule has 104 valence electrons. The predicted octanol–water partition coefficient (Wildman–Crippen LogP) is -0.576. The van der Waals surface area contributed by atoms with Crippen molar-refractivity contribution >= 4 is 11.7 Å². The van der Waals surface area contributed by atoms with Crippen LogP contribution >= 0.6 is 0 Å². The highest BCUT2D eigenvalue weighted by molar-refractivity contribution is 5.92. The lowest BCUT2D eigenvalue weighted by Gasteiger charge is -2.34. The zero-order valence-corrected chi connectivity index (χ0v) is 10.9. The summed E-state index contributed by atoms with van der Waals surface area (Å²) in [5.41, 5.74) is 0.291. The number of hydrogen-bond donors (Lipinski definition) is 2. The number of hydrogen-bond acceptors (Lipinski definition) is 6. The molecule has 2 N–H and O–H groups in total. The molecule has 19 heavy (non-hydrogen) atoms. The van der Waals surface area contributed by atoms with Gasteiger partial charge in [-0.15, -0.1) is 10.2 Å². The van der Waals surface area contributed by atoms with Crippen LogP contribution in [0, 0.1) is 0 Å². The maximum Gasteiger partial charge on any atom is 0.271 e. The Balaban J connectivity index is 2.10. The Bertz CT molecular complexity index is 423. The molecule has 1 aliphatic heterocycles. The topological polar surface area (TPSA) is 87.6 Å². The van der Waals surface area contributed by atoms with Crippen LogP contribution < -0.4 is 10.2 Å². The van der Waals surface area contributed by atoms with Crippen molar-refractivity contribution in [3.63, 3.8) is 0 Å². The maximum atomic E-state index is 11.6. The predicted molar refractivity (Wildman–Crippen MR) is 69.1 cm³/mol. The fraction of sp³-hybridized carbons (Fsp3) is 0.583. The molecule has 1 aromatic rings. The van der Waals surface area contributed by atoms with Crippen LogP contribution in [0.4, 0.5) is 5.82 Å². The quantitative estimate of drug-likeness (QED) is 0.758. The first-order valence-electron chi connectivity index (χ1n) is 6.33. The first-order chi connectivity index (χ1) is 9.26. The van der Waals surface area contributed by atoms with Gasteiger partial charge in [0, 0.05) is 13.1 Å². The van der Waals surface area contributed by atoms with Crippen molar-refractivity contribution in [2.45, 2.75) is 13.0 Å². The minimum atomic E-state index is -0.234. The van der Waals surface area contributed by atoms with Crippen LogP contribution in [0.5, 0.6) is 0 Å². The summed E-state index contributed by atoms with van der Waals surface area (Å²) < 4.78 is 5.30. The maximum absolute atomic E-state index is 11.6. The second kappa shape index (κ2) is 6.44. The van der Waals surface area contributed by atoms with Gasteiger partial charge < -0.3 is 20.1 Å². The molecule has 1 saturated heterocycles. The normalized spacial score (nSPS) is 19.3. The van der Waals surface area contributed by atoms with Gasteiger partial charge in [0.2, 0.25) is 0 Å². The van der Waals surface area contributed by atoms with Crippen LogP contribution in [0.25, 0.3) is 0 Å². The number of carbonyl (C=O) groups is 1. The second-order valence-corrected chi connectivity index (χ2v) is 4.24. The number of nitrogens with zero attached hydrogens (tertiary/aromatic N) is 3. The Morgan fingerprint density at radius 2 is 2.42 bits per heavy atom. The number of nitrogens with one attached hydrogen (secondary N) is 1. The van der Waals surface area contributed by atoms with E-state index < -0.39 is 0 Å². The molecular formula is C12H18N4O3. The number of anilines is 1. The number of aliphatic hydroxyl groups excluding tert-OH is 1. The molecule has 0 radical (unpaired) electrons. The molecule has 7 nitrogen and oxygen atoms in total. The Hall–Kier alpha value is -1.73. The molecule has 0 saturated carbocycles. The van der Waals surface area contributed by atoms with Crippen LogP contribution in [-0.4, -0.2) is 60.2 Å². The van der Waals surface area contributed by atoms with E-state index in [1.54, 1.807) is 12.1 Å². The van der Waals surface area contributed by atoms with Gasteiger partial charge in [-0.2, -0.15) is 0 Å². The van der Waals surface area contributed by atoms with Gasteiger partial charge in [-0.05, 0) is 19.1 Å². The average molecular weight is 266 g/mol. The number of aromatic nitrogens is 2. The van der Waals surface area contributed by atoms with Crippen LogP contribution in [0.3, 0.4) is 0 Å². The molecular weight excluding hydrogens is 248 g/mol. The number of aliphatic hydroxyl groups is 1. The summed E-state index contributed by atoms with van der Waals surface area (Å²) in [4.78, 5) is 13.5. The largest absolute Gasteiger partial charge is 0.394 e. The van der Waals surface area contributed by atoms with Crippen molar-refractivity contribution in [2.24, 2.45) is 0 Å². The van der Waals surface area contributed by atoms with Gasteiger partial charge in [-0.1, -0.05) is 0 Å². The third-order valence-corrected chi connectivity index (χ3v) is 2.95. The van der Waals surface area contributed by atoms with E-state index in [-0.39, 0.29) is 18.6 Å². The Morgan fingerprint density at radius 3 is 3.05 bits per heavy atom. The zero-order valence-electron chi connectivity index (χ0n) is 10.9. The highest BCUT2D eigenvalue weighted by Crippen LogP contribution is 2.16. The van der Waals surface area contributed by atoms with E-state index in [0.29, 0.717) is 37.8 Å². The van der Waals surface area contributed by atoms with Gasteiger partial charge in [0.15, 0.2) is 11.5 Å². The molecule has 1 aliphatic rings. The SMILES string of the molecule is CCNC(=O)c1ccc(N2CCOCC2CO)nn1. The zero-order chi connectivity index (χ0) is 13.7. The summed E-state index contributed by atoms with van der Waals surface area (Å²) in [6.07, 6.45) is 0. The van der Waals surface area contributed by atoms with Crippen molar-refractivity contribution < 1.29 is 14.6 Å². The highest BCUT2D eigenvalue weighted by Gasteiger charge is 2.24. The summed E-state index contributed by atoms with van der Waals surface area (Å²) in [7, 11) is 0. The van der Waals surface area contributed by atoms with E-state index in [4.69, 9.17) is 4.74 Å². The molecule has 7 heteroatoms. The van der Waals surface area contributed by atoms with Gasteiger partial charge in [0.25, 0.3) is 5.91 Å². The molecule has 1 amide bonds. The Kier molecular flexibility index (Phi) is 4.64. The van der Waals surface area contributed by atoms with Crippen LogP contribution in [-0.2, 0) is 4.74 Å². The lowest BCUT2D eigenvalue weighted by atomic mass is 10.2. The average Bonchev–Trinajstić information content (AvgIpc) is 2.47. The molecule has 0 spiro atoms. The molecule has 1 unspecified atom stereocenters. The molecule has 1 aromatic heterocycles. The number of amides is 1. The summed E-state index contributed by atoms with van der Waals surface area (Å²) in [5.74, 6) is 0.414. The monoisotopic (exact) mass is 266 g/mol. The fourth-order valence-electron chi connectivity index (χ4n) is 1.96. The highest BCUT2D eigenvalue weighted by atomic mass is 16.5. The van der Waals surface area contributed by atoms with Crippen molar-refractivity contribution in [2.75, 3.05) is 37.8 Å².